The zero-order valence-corrected chi connectivity index (χ0v) is 16.0. The van der Waals surface area contributed by atoms with E-state index in [0.29, 0.717) is 39.3 Å². The lowest BCUT2D eigenvalue weighted by Gasteiger charge is -2.10. The minimum Gasteiger partial charge on any atom is -0.450 e. The van der Waals surface area contributed by atoms with Crippen LogP contribution in [0.4, 0.5) is 9.59 Å². The molecule has 0 bridgehead atoms. The average molecular weight is 363 g/mol. The monoisotopic (exact) mass is 363 g/mol. The topological polar surface area (TPSA) is 115 Å². The number of carbonyl (C=O) groups excluding carboxylic acids is 3. The second kappa shape index (κ2) is 18.3. The van der Waals surface area contributed by atoms with Crippen molar-refractivity contribution in [2.24, 2.45) is 5.92 Å². The molecule has 1 atom stereocenters. The van der Waals surface area contributed by atoms with Gasteiger partial charge >= 0.3 is 12.2 Å². The van der Waals surface area contributed by atoms with E-state index in [1.54, 1.807) is 14.0 Å². The summed E-state index contributed by atoms with van der Waals surface area (Å²) < 4.78 is 14.6. The number of amides is 3. The highest BCUT2D eigenvalue weighted by Gasteiger charge is 2.10. The smallest absolute Gasteiger partial charge is 0.407 e. The molecule has 148 valence electrons. The molecule has 0 aromatic heterocycles. The molecule has 0 radical (unpaired) electrons. The first-order valence-corrected chi connectivity index (χ1v) is 8.53. The number of hydrogen-bond donors (Lipinski definition) is 3. The molecule has 0 aromatic rings. The van der Waals surface area contributed by atoms with Crippen molar-refractivity contribution in [3.05, 3.63) is 0 Å². The molecule has 9 heteroatoms. The van der Waals surface area contributed by atoms with Gasteiger partial charge in [-0.2, -0.15) is 0 Å². The zero-order chi connectivity index (χ0) is 19.5. The van der Waals surface area contributed by atoms with Crippen LogP contribution in [0.25, 0.3) is 0 Å². The Morgan fingerprint density at radius 2 is 1.44 bits per heavy atom. The van der Waals surface area contributed by atoms with Gasteiger partial charge in [0.15, 0.2) is 0 Å². The van der Waals surface area contributed by atoms with Crippen molar-refractivity contribution >= 4 is 18.1 Å². The average Bonchev–Trinajstić information content (AvgIpc) is 2.58. The first-order valence-electron chi connectivity index (χ1n) is 8.53. The van der Waals surface area contributed by atoms with Gasteiger partial charge in [-0.05, 0) is 27.2 Å². The summed E-state index contributed by atoms with van der Waals surface area (Å²) in [7, 11) is 1.61. The van der Waals surface area contributed by atoms with Crippen LogP contribution in [0.2, 0.25) is 0 Å². The van der Waals surface area contributed by atoms with E-state index in [0.717, 1.165) is 0 Å². The SMILES string of the molecule is CCNC(=O)OCC.CCNC(=O)OCCOCCC(C)C(=O)NC. The lowest BCUT2D eigenvalue weighted by Crippen LogP contribution is -2.27. The second-order valence-electron chi connectivity index (χ2n) is 4.83. The number of alkyl carbamates (subject to hydrolysis) is 2. The quantitative estimate of drug-likeness (QED) is 0.504. The molecule has 0 heterocycles. The van der Waals surface area contributed by atoms with Crippen LogP contribution in [-0.2, 0) is 19.0 Å². The maximum atomic E-state index is 11.1. The van der Waals surface area contributed by atoms with E-state index < -0.39 is 6.09 Å². The van der Waals surface area contributed by atoms with Gasteiger partial charge in [0.05, 0.1) is 13.2 Å². The number of ether oxygens (including phenoxy) is 3. The molecule has 0 aliphatic heterocycles. The summed E-state index contributed by atoms with van der Waals surface area (Å²) in [5, 5.41) is 7.57. The van der Waals surface area contributed by atoms with Crippen LogP contribution in [0, 0.1) is 5.92 Å². The van der Waals surface area contributed by atoms with E-state index in [-0.39, 0.29) is 24.5 Å². The Kier molecular flexibility index (Phi) is 18.5. The highest BCUT2D eigenvalue weighted by Crippen LogP contribution is 2.01. The predicted octanol–water partition coefficient (Wildman–Crippen LogP) is 1.27. The molecular formula is C16H33N3O6. The molecule has 0 aliphatic rings. The van der Waals surface area contributed by atoms with Gasteiger partial charge in [0.1, 0.15) is 6.61 Å². The summed E-state index contributed by atoms with van der Waals surface area (Å²) in [6.07, 6.45) is -0.120. The van der Waals surface area contributed by atoms with Gasteiger partial charge in [-0.1, -0.05) is 6.92 Å². The third kappa shape index (κ3) is 18.2. The van der Waals surface area contributed by atoms with Crippen molar-refractivity contribution in [1.82, 2.24) is 16.0 Å². The summed E-state index contributed by atoms with van der Waals surface area (Å²) in [4.78, 5) is 32.3. The van der Waals surface area contributed by atoms with Crippen molar-refractivity contribution in [2.45, 2.75) is 34.1 Å². The van der Waals surface area contributed by atoms with E-state index in [1.807, 2.05) is 20.8 Å². The third-order valence-corrected chi connectivity index (χ3v) is 2.77. The van der Waals surface area contributed by atoms with Crippen molar-refractivity contribution in [2.75, 3.05) is 46.6 Å². The lowest BCUT2D eigenvalue weighted by atomic mass is 10.1. The third-order valence-electron chi connectivity index (χ3n) is 2.77. The largest absolute Gasteiger partial charge is 0.450 e. The minimum atomic E-state index is -0.435. The highest BCUT2D eigenvalue weighted by atomic mass is 16.6. The van der Waals surface area contributed by atoms with Crippen LogP contribution >= 0.6 is 0 Å². The maximum Gasteiger partial charge on any atom is 0.407 e. The number of hydrogen-bond acceptors (Lipinski definition) is 6. The fourth-order valence-corrected chi connectivity index (χ4v) is 1.45. The van der Waals surface area contributed by atoms with E-state index in [9.17, 15) is 14.4 Å². The molecule has 0 fully saturated rings. The minimum absolute atomic E-state index is 0.00664. The molecule has 0 saturated heterocycles. The van der Waals surface area contributed by atoms with Crippen LogP contribution in [0.15, 0.2) is 0 Å². The zero-order valence-electron chi connectivity index (χ0n) is 16.0. The van der Waals surface area contributed by atoms with Crippen molar-refractivity contribution in [1.29, 1.82) is 0 Å². The van der Waals surface area contributed by atoms with Gasteiger partial charge in [0.2, 0.25) is 5.91 Å². The second-order valence-corrected chi connectivity index (χ2v) is 4.83. The summed E-state index contributed by atoms with van der Waals surface area (Å²) in [6.45, 7) is 9.93. The van der Waals surface area contributed by atoms with Crippen LogP contribution in [0.1, 0.15) is 34.1 Å². The van der Waals surface area contributed by atoms with E-state index in [2.05, 4.69) is 20.7 Å². The van der Waals surface area contributed by atoms with Crippen LogP contribution < -0.4 is 16.0 Å². The molecule has 0 saturated carbocycles. The van der Waals surface area contributed by atoms with Gasteiger partial charge in [-0.25, -0.2) is 9.59 Å². The van der Waals surface area contributed by atoms with Crippen LogP contribution in [-0.4, -0.2) is 64.7 Å². The molecular weight excluding hydrogens is 330 g/mol. The predicted molar refractivity (Wildman–Crippen MR) is 94.4 cm³/mol. The fraction of sp³-hybridized carbons (Fsp3) is 0.812. The molecule has 0 aromatic carbocycles. The van der Waals surface area contributed by atoms with Crippen molar-refractivity contribution < 1.29 is 28.6 Å². The molecule has 3 N–H and O–H groups in total. The molecule has 9 nitrogen and oxygen atoms in total. The first-order chi connectivity index (χ1) is 11.9. The Hall–Kier alpha value is -2.03. The van der Waals surface area contributed by atoms with Gasteiger partial charge < -0.3 is 30.2 Å². The van der Waals surface area contributed by atoms with Gasteiger partial charge in [-0.3, -0.25) is 4.79 Å². The van der Waals surface area contributed by atoms with E-state index >= 15 is 0 Å². The summed E-state index contributed by atoms with van der Waals surface area (Å²) >= 11 is 0. The summed E-state index contributed by atoms with van der Waals surface area (Å²) in [5.74, 6) is -0.0588. The normalized spacial score (nSPS) is 10.6. The molecule has 0 rings (SSSR count). The van der Waals surface area contributed by atoms with Gasteiger partial charge in [0, 0.05) is 32.7 Å². The Bertz CT molecular complexity index is 358. The number of nitrogens with one attached hydrogen (secondary N) is 3. The van der Waals surface area contributed by atoms with Gasteiger partial charge in [-0.15, -0.1) is 0 Å². The van der Waals surface area contributed by atoms with Crippen LogP contribution in [0.3, 0.4) is 0 Å². The van der Waals surface area contributed by atoms with Gasteiger partial charge in [0.25, 0.3) is 0 Å². The molecule has 1 unspecified atom stereocenters. The van der Waals surface area contributed by atoms with Crippen LogP contribution in [0.5, 0.6) is 0 Å². The molecule has 3 amide bonds. The Morgan fingerprint density at radius 3 is 1.92 bits per heavy atom. The maximum absolute atomic E-state index is 11.1. The summed E-state index contributed by atoms with van der Waals surface area (Å²) in [5.41, 5.74) is 0. The fourth-order valence-electron chi connectivity index (χ4n) is 1.45. The Morgan fingerprint density at radius 1 is 0.880 bits per heavy atom. The number of carbonyl (C=O) groups is 3. The van der Waals surface area contributed by atoms with E-state index in [1.165, 1.54) is 0 Å². The first kappa shape index (κ1) is 25.2. The lowest BCUT2D eigenvalue weighted by molar-refractivity contribution is -0.124. The summed E-state index contributed by atoms with van der Waals surface area (Å²) in [6, 6.07) is 0. The highest BCUT2D eigenvalue weighted by molar-refractivity contribution is 5.77. The number of rotatable bonds is 10. The molecule has 0 spiro atoms. The van der Waals surface area contributed by atoms with Crippen molar-refractivity contribution in [3.63, 3.8) is 0 Å². The standard InChI is InChI=1S/C11H22N2O4.C5H11NO2/c1-4-13-11(15)17-8-7-16-6-5-9(2)10(14)12-3;1-3-6-5(7)8-4-2/h9H,4-8H2,1-3H3,(H,12,14)(H,13,15);3-4H2,1-2H3,(H,6,7). The Balaban J connectivity index is 0. The van der Waals surface area contributed by atoms with Crippen molar-refractivity contribution in [3.8, 4) is 0 Å². The Labute approximate surface area is 150 Å². The molecule has 25 heavy (non-hydrogen) atoms. The van der Waals surface area contributed by atoms with E-state index in [4.69, 9.17) is 9.47 Å². The molecule has 0 aliphatic carbocycles.